The maximum absolute atomic E-state index is 13.3. The fourth-order valence-corrected chi connectivity index (χ4v) is 1.61. The molecule has 0 spiro atoms. The summed E-state index contributed by atoms with van der Waals surface area (Å²) in [5.74, 6) is -0.480. The molecule has 16 heavy (non-hydrogen) atoms. The Hall–Kier alpha value is -1.85. The van der Waals surface area contributed by atoms with E-state index >= 15 is 0 Å². The van der Waals surface area contributed by atoms with Crippen LogP contribution in [-0.2, 0) is 0 Å². The van der Waals surface area contributed by atoms with E-state index in [4.69, 9.17) is 16.9 Å². The first-order valence-electron chi connectivity index (χ1n) is 4.67. The predicted octanol–water partition coefficient (Wildman–Crippen LogP) is 4.02. The van der Waals surface area contributed by atoms with Crippen LogP contribution in [0.25, 0.3) is 11.1 Å². The van der Waals surface area contributed by atoms with E-state index in [0.29, 0.717) is 16.7 Å². The molecule has 2 aromatic rings. The van der Waals surface area contributed by atoms with Crippen molar-refractivity contribution >= 4 is 11.6 Å². The Balaban J connectivity index is 2.60. The molecule has 1 nitrogen and oxygen atoms in total. The van der Waals surface area contributed by atoms with Crippen molar-refractivity contribution in [3.05, 3.63) is 58.9 Å². The molecule has 0 N–H and O–H groups in total. The number of nitrogens with zero attached hydrogens (tertiary/aromatic N) is 1. The average Bonchev–Trinajstić information content (AvgIpc) is 2.32. The van der Waals surface area contributed by atoms with Gasteiger partial charge in [-0.05, 0) is 29.3 Å². The molecule has 0 fully saturated rings. The van der Waals surface area contributed by atoms with Crippen molar-refractivity contribution in [2.24, 2.45) is 0 Å². The van der Waals surface area contributed by atoms with E-state index in [0.717, 1.165) is 0 Å². The van der Waals surface area contributed by atoms with Gasteiger partial charge in [0.1, 0.15) is 5.82 Å². The van der Waals surface area contributed by atoms with Gasteiger partial charge < -0.3 is 0 Å². The number of benzene rings is 2. The highest BCUT2D eigenvalue weighted by Crippen LogP contribution is 2.26. The van der Waals surface area contributed by atoms with Gasteiger partial charge in [-0.25, -0.2) is 4.39 Å². The Morgan fingerprint density at radius 2 is 1.88 bits per heavy atom. The van der Waals surface area contributed by atoms with Crippen molar-refractivity contribution in [1.29, 1.82) is 5.26 Å². The highest BCUT2D eigenvalue weighted by molar-refractivity contribution is 6.30. The quantitative estimate of drug-likeness (QED) is 0.727. The SMILES string of the molecule is N#Cc1ccccc1-c1ccc(Cl)c(F)c1. The van der Waals surface area contributed by atoms with Crippen LogP contribution in [0, 0.1) is 17.1 Å². The van der Waals surface area contributed by atoms with Gasteiger partial charge in [0, 0.05) is 0 Å². The summed E-state index contributed by atoms with van der Waals surface area (Å²) in [7, 11) is 0. The molecule has 2 aromatic carbocycles. The first-order chi connectivity index (χ1) is 7.72. The van der Waals surface area contributed by atoms with E-state index in [1.54, 1.807) is 24.3 Å². The van der Waals surface area contributed by atoms with E-state index in [9.17, 15) is 4.39 Å². The van der Waals surface area contributed by atoms with Gasteiger partial charge in [-0.2, -0.15) is 5.26 Å². The number of rotatable bonds is 1. The molecular formula is C13H7ClFN. The highest BCUT2D eigenvalue weighted by atomic mass is 35.5. The second-order valence-electron chi connectivity index (χ2n) is 3.29. The molecule has 0 unspecified atom stereocenters. The normalized spacial score (nSPS) is 9.81. The van der Waals surface area contributed by atoms with E-state index in [-0.39, 0.29) is 5.02 Å². The van der Waals surface area contributed by atoms with Gasteiger partial charge in [0.05, 0.1) is 16.7 Å². The van der Waals surface area contributed by atoms with E-state index < -0.39 is 5.82 Å². The van der Waals surface area contributed by atoms with Crippen molar-refractivity contribution in [3.63, 3.8) is 0 Å². The maximum atomic E-state index is 13.3. The molecule has 0 heterocycles. The van der Waals surface area contributed by atoms with Gasteiger partial charge in [0.15, 0.2) is 0 Å². The maximum Gasteiger partial charge on any atom is 0.142 e. The molecule has 0 saturated carbocycles. The standard InChI is InChI=1S/C13H7ClFN/c14-12-6-5-9(7-13(12)15)11-4-2-1-3-10(11)8-16/h1-7H. The first kappa shape index (κ1) is 10.7. The summed E-state index contributed by atoms with van der Waals surface area (Å²) in [6.45, 7) is 0. The molecular weight excluding hydrogens is 225 g/mol. The van der Waals surface area contributed by atoms with E-state index in [1.807, 2.05) is 6.07 Å². The molecule has 0 saturated heterocycles. The van der Waals surface area contributed by atoms with Crippen LogP contribution < -0.4 is 0 Å². The number of nitriles is 1. The molecule has 0 aliphatic carbocycles. The van der Waals surface area contributed by atoms with Crippen LogP contribution in [-0.4, -0.2) is 0 Å². The molecule has 78 valence electrons. The number of halogens is 2. The Morgan fingerprint density at radius 3 is 2.56 bits per heavy atom. The number of hydrogen-bond acceptors (Lipinski definition) is 1. The minimum absolute atomic E-state index is 0.0817. The van der Waals surface area contributed by atoms with E-state index in [1.165, 1.54) is 12.1 Å². The largest absolute Gasteiger partial charge is 0.205 e. The molecule has 0 amide bonds. The van der Waals surface area contributed by atoms with Gasteiger partial charge in [-0.3, -0.25) is 0 Å². The third-order valence-corrected chi connectivity index (χ3v) is 2.58. The van der Waals surface area contributed by atoms with Gasteiger partial charge in [0.25, 0.3) is 0 Å². The lowest BCUT2D eigenvalue weighted by molar-refractivity contribution is 0.629. The van der Waals surface area contributed by atoms with Crippen LogP contribution in [0.4, 0.5) is 4.39 Å². The lowest BCUT2D eigenvalue weighted by Gasteiger charge is -2.04. The molecule has 0 aliphatic rings. The van der Waals surface area contributed by atoms with Gasteiger partial charge >= 0.3 is 0 Å². The lowest BCUT2D eigenvalue weighted by atomic mass is 10.0. The summed E-state index contributed by atoms with van der Waals surface area (Å²) in [4.78, 5) is 0. The Bertz CT molecular complexity index is 572. The summed E-state index contributed by atoms with van der Waals surface area (Å²) in [5, 5.41) is 9.02. The second kappa shape index (κ2) is 4.34. The molecule has 0 aliphatic heterocycles. The molecule has 0 bridgehead atoms. The van der Waals surface area contributed by atoms with Crippen LogP contribution in [0.15, 0.2) is 42.5 Å². The molecule has 2 rings (SSSR count). The summed E-state index contributed by atoms with van der Waals surface area (Å²) in [6, 6.07) is 13.6. The molecule has 3 heteroatoms. The Morgan fingerprint density at radius 1 is 1.12 bits per heavy atom. The van der Waals surface area contributed by atoms with Gasteiger partial charge in [-0.1, -0.05) is 35.9 Å². The van der Waals surface area contributed by atoms with Crippen molar-refractivity contribution in [1.82, 2.24) is 0 Å². The smallest absolute Gasteiger partial charge is 0.142 e. The van der Waals surface area contributed by atoms with Crippen LogP contribution in [0.1, 0.15) is 5.56 Å². The first-order valence-corrected chi connectivity index (χ1v) is 5.04. The highest BCUT2D eigenvalue weighted by Gasteiger charge is 2.06. The summed E-state index contributed by atoms with van der Waals surface area (Å²) in [6.07, 6.45) is 0. The van der Waals surface area contributed by atoms with E-state index in [2.05, 4.69) is 6.07 Å². The lowest BCUT2D eigenvalue weighted by Crippen LogP contribution is -1.85. The van der Waals surface area contributed by atoms with Gasteiger partial charge in [-0.15, -0.1) is 0 Å². The topological polar surface area (TPSA) is 23.8 Å². The Kier molecular flexibility index (Phi) is 2.89. The second-order valence-corrected chi connectivity index (χ2v) is 3.69. The molecule has 0 radical (unpaired) electrons. The minimum atomic E-state index is -0.480. The fourth-order valence-electron chi connectivity index (χ4n) is 1.50. The zero-order valence-corrected chi connectivity index (χ0v) is 9.00. The molecule has 0 atom stereocenters. The zero-order valence-electron chi connectivity index (χ0n) is 8.24. The van der Waals surface area contributed by atoms with Crippen LogP contribution in [0.3, 0.4) is 0 Å². The van der Waals surface area contributed by atoms with Gasteiger partial charge in [0.2, 0.25) is 0 Å². The average molecular weight is 232 g/mol. The van der Waals surface area contributed by atoms with Crippen molar-refractivity contribution in [3.8, 4) is 17.2 Å². The van der Waals surface area contributed by atoms with Crippen molar-refractivity contribution < 1.29 is 4.39 Å². The summed E-state index contributed by atoms with van der Waals surface area (Å²) >= 11 is 5.60. The van der Waals surface area contributed by atoms with Crippen LogP contribution >= 0.6 is 11.6 Å². The van der Waals surface area contributed by atoms with Crippen molar-refractivity contribution in [2.75, 3.05) is 0 Å². The minimum Gasteiger partial charge on any atom is -0.205 e. The van der Waals surface area contributed by atoms with Crippen molar-refractivity contribution in [2.45, 2.75) is 0 Å². The zero-order chi connectivity index (χ0) is 11.5. The third kappa shape index (κ3) is 1.91. The summed E-state index contributed by atoms with van der Waals surface area (Å²) < 4.78 is 13.3. The Labute approximate surface area is 97.7 Å². The van der Waals surface area contributed by atoms with Crippen LogP contribution in [0.5, 0.6) is 0 Å². The predicted molar refractivity (Wildman–Crippen MR) is 61.6 cm³/mol. The third-order valence-electron chi connectivity index (χ3n) is 2.28. The monoisotopic (exact) mass is 231 g/mol. The molecule has 0 aromatic heterocycles. The summed E-state index contributed by atoms with van der Waals surface area (Å²) in [5.41, 5.74) is 1.88. The van der Waals surface area contributed by atoms with Crippen LogP contribution in [0.2, 0.25) is 5.02 Å². The number of hydrogen-bond donors (Lipinski definition) is 0. The fraction of sp³-hybridized carbons (Fsp3) is 0.